The third-order valence-corrected chi connectivity index (χ3v) is 6.47. The summed E-state index contributed by atoms with van der Waals surface area (Å²) in [7, 11) is 0. The zero-order chi connectivity index (χ0) is 19.5. The third kappa shape index (κ3) is 4.11. The molecule has 0 radical (unpaired) electrons. The van der Waals surface area contributed by atoms with E-state index in [2.05, 4.69) is 39.9 Å². The number of rotatable bonds is 5. The monoisotopic (exact) mass is 390 g/mol. The minimum atomic E-state index is 0.458. The highest BCUT2D eigenvalue weighted by Gasteiger charge is 2.24. The Morgan fingerprint density at radius 2 is 1.59 bits per heavy atom. The number of hydrogen-bond acceptors (Lipinski definition) is 5. The molecule has 152 valence electrons. The molecule has 2 saturated carbocycles. The molecule has 2 aliphatic rings. The predicted octanol–water partition coefficient (Wildman–Crippen LogP) is 5.06. The summed E-state index contributed by atoms with van der Waals surface area (Å²) in [5.41, 5.74) is 2.88. The molecule has 6 nitrogen and oxygen atoms in total. The van der Waals surface area contributed by atoms with E-state index in [4.69, 9.17) is 9.97 Å². The molecule has 2 aliphatic carbocycles. The molecule has 6 heteroatoms. The lowest BCUT2D eigenvalue weighted by atomic mass is 9.88. The van der Waals surface area contributed by atoms with Crippen molar-refractivity contribution >= 4 is 17.0 Å². The van der Waals surface area contributed by atoms with Gasteiger partial charge >= 0.3 is 0 Å². The summed E-state index contributed by atoms with van der Waals surface area (Å²) < 4.78 is 1.94. The molecule has 0 bridgehead atoms. The van der Waals surface area contributed by atoms with E-state index in [-0.39, 0.29) is 0 Å². The highest BCUT2D eigenvalue weighted by Crippen LogP contribution is 2.33. The van der Waals surface area contributed by atoms with Crippen LogP contribution in [0.4, 0.5) is 5.82 Å². The van der Waals surface area contributed by atoms with Gasteiger partial charge in [-0.3, -0.25) is 0 Å². The highest BCUT2D eigenvalue weighted by molar-refractivity contribution is 5.82. The normalized spacial score (nSPS) is 18.9. The molecular weight excluding hydrogens is 360 g/mol. The van der Waals surface area contributed by atoms with E-state index in [1.165, 1.54) is 69.8 Å². The Hall–Kier alpha value is -2.50. The summed E-state index contributed by atoms with van der Waals surface area (Å²) in [6.07, 6.45) is 12.6. The van der Waals surface area contributed by atoms with Crippen LogP contribution in [0.5, 0.6) is 0 Å². The van der Waals surface area contributed by atoms with Crippen LogP contribution in [-0.2, 0) is 6.54 Å². The van der Waals surface area contributed by atoms with Crippen molar-refractivity contribution < 1.29 is 0 Å². The minimum absolute atomic E-state index is 0.458. The molecule has 2 aromatic heterocycles. The Labute approximate surface area is 172 Å². The van der Waals surface area contributed by atoms with Crippen molar-refractivity contribution in [3.8, 4) is 0 Å². The smallest absolute Gasteiger partial charge is 0.184 e. The first kappa shape index (κ1) is 18.5. The van der Waals surface area contributed by atoms with Crippen molar-refractivity contribution in [3.63, 3.8) is 0 Å². The molecule has 2 heterocycles. The van der Waals surface area contributed by atoms with E-state index in [9.17, 15) is 0 Å². The quantitative estimate of drug-likeness (QED) is 0.659. The topological polar surface area (TPSA) is 68.5 Å². The molecule has 0 saturated heterocycles. The Bertz CT molecular complexity index is 939. The third-order valence-electron chi connectivity index (χ3n) is 6.47. The first-order valence-corrected chi connectivity index (χ1v) is 11.3. The van der Waals surface area contributed by atoms with Crippen molar-refractivity contribution in [2.24, 2.45) is 0 Å². The van der Waals surface area contributed by atoms with Gasteiger partial charge in [0.15, 0.2) is 17.0 Å². The zero-order valence-corrected chi connectivity index (χ0v) is 17.1. The van der Waals surface area contributed by atoms with Gasteiger partial charge in [-0.05, 0) is 31.2 Å². The van der Waals surface area contributed by atoms with Crippen LogP contribution in [0, 0.1) is 0 Å². The zero-order valence-electron chi connectivity index (χ0n) is 17.1. The summed E-state index contributed by atoms with van der Waals surface area (Å²) in [6, 6.07) is 10.9. The molecule has 2 fully saturated rings. The SMILES string of the molecule is c1ccc(Cn2nnc3c(NC4CCCCC4)nc(C4CCCCC4)nc32)cc1. The molecule has 0 amide bonds. The van der Waals surface area contributed by atoms with Gasteiger partial charge in [0.05, 0.1) is 6.54 Å². The van der Waals surface area contributed by atoms with Gasteiger partial charge in [0.25, 0.3) is 0 Å². The molecule has 1 aromatic carbocycles. The van der Waals surface area contributed by atoms with Gasteiger partial charge in [-0.25, -0.2) is 14.6 Å². The molecule has 29 heavy (non-hydrogen) atoms. The number of nitrogens with one attached hydrogen (secondary N) is 1. The van der Waals surface area contributed by atoms with Crippen LogP contribution in [0.15, 0.2) is 30.3 Å². The van der Waals surface area contributed by atoms with Gasteiger partial charge in [-0.2, -0.15) is 0 Å². The second-order valence-electron chi connectivity index (χ2n) is 8.65. The largest absolute Gasteiger partial charge is 0.365 e. The molecule has 0 atom stereocenters. The van der Waals surface area contributed by atoms with Gasteiger partial charge in [-0.15, -0.1) is 5.10 Å². The van der Waals surface area contributed by atoms with Crippen LogP contribution >= 0.6 is 0 Å². The Morgan fingerprint density at radius 3 is 2.34 bits per heavy atom. The van der Waals surface area contributed by atoms with Crippen molar-refractivity contribution in [1.29, 1.82) is 0 Å². The van der Waals surface area contributed by atoms with Gasteiger partial charge in [-0.1, -0.05) is 74.1 Å². The molecule has 5 rings (SSSR count). The fourth-order valence-corrected chi connectivity index (χ4v) is 4.82. The Balaban J connectivity index is 1.52. The second kappa shape index (κ2) is 8.47. The van der Waals surface area contributed by atoms with E-state index in [1.54, 1.807) is 0 Å². The number of aromatic nitrogens is 5. The van der Waals surface area contributed by atoms with E-state index in [0.29, 0.717) is 18.5 Å². The average molecular weight is 391 g/mol. The number of hydrogen-bond donors (Lipinski definition) is 1. The Morgan fingerprint density at radius 1 is 0.862 bits per heavy atom. The van der Waals surface area contributed by atoms with E-state index in [0.717, 1.165) is 22.8 Å². The van der Waals surface area contributed by atoms with Gasteiger partial charge in [0, 0.05) is 12.0 Å². The van der Waals surface area contributed by atoms with Gasteiger partial charge < -0.3 is 5.32 Å². The fraction of sp³-hybridized carbons (Fsp3) is 0.565. The van der Waals surface area contributed by atoms with Crippen LogP contribution < -0.4 is 5.32 Å². The summed E-state index contributed by atoms with van der Waals surface area (Å²) in [5, 5.41) is 12.7. The maximum Gasteiger partial charge on any atom is 0.184 e. The summed E-state index contributed by atoms with van der Waals surface area (Å²) in [6.45, 7) is 0.682. The van der Waals surface area contributed by atoms with Crippen LogP contribution in [-0.4, -0.2) is 31.0 Å². The lowest BCUT2D eigenvalue weighted by Gasteiger charge is -2.25. The standard InChI is InChI=1S/C23H30N6/c1-4-10-17(11-5-1)16-29-23-20(27-28-29)22(24-19-14-8-3-9-15-19)25-21(26-23)18-12-6-2-7-13-18/h1,4-5,10-11,18-19H,2-3,6-9,12-16H2,(H,24,25,26). The molecule has 0 spiro atoms. The maximum absolute atomic E-state index is 5.00. The number of nitrogens with zero attached hydrogens (tertiary/aromatic N) is 5. The van der Waals surface area contributed by atoms with Crippen molar-refractivity contribution in [1.82, 2.24) is 25.0 Å². The van der Waals surface area contributed by atoms with E-state index >= 15 is 0 Å². The summed E-state index contributed by atoms with van der Waals surface area (Å²) in [5.74, 6) is 2.33. The number of benzene rings is 1. The first-order valence-electron chi connectivity index (χ1n) is 11.3. The number of anilines is 1. The van der Waals surface area contributed by atoms with Gasteiger partial charge in [0.2, 0.25) is 0 Å². The maximum atomic E-state index is 5.00. The Kier molecular flexibility index (Phi) is 5.41. The second-order valence-corrected chi connectivity index (χ2v) is 8.65. The number of fused-ring (bicyclic) bond motifs is 1. The predicted molar refractivity (Wildman–Crippen MR) is 115 cm³/mol. The first-order chi connectivity index (χ1) is 14.4. The molecule has 0 aliphatic heterocycles. The van der Waals surface area contributed by atoms with Crippen molar-refractivity contribution in [2.45, 2.75) is 82.7 Å². The highest BCUT2D eigenvalue weighted by atomic mass is 15.4. The fourth-order valence-electron chi connectivity index (χ4n) is 4.82. The van der Waals surface area contributed by atoms with Crippen molar-refractivity contribution in [2.75, 3.05) is 5.32 Å². The summed E-state index contributed by atoms with van der Waals surface area (Å²) >= 11 is 0. The van der Waals surface area contributed by atoms with Gasteiger partial charge in [0.1, 0.15) is 5.82 Å². The summed E-state index contributed by atoms with van der Waals surface area (Å²) in [4.78, 5) is 10.00. The lowest BCUT2D eigenvalue weighted by molar-refractivity contribution is 0.428. The lowest BCUT2D eigenvalue weighted by Crippen LogP contribution is -2.24. The van der Waals surface area contributed by atoms with Crippen molar-refractivity contribution in [3.05, 3.63) is 41.7 Å². The van der Waals surface area contributed by atoms with Crippen LogP contribution in [0.1, 0.15) is 81.5 Å². The average Bonchev–Trinajstić information content (AvgIpc) is 3.19. The van der Waals surface area contributed by atoms with E-state index < -0.39 is 0 Å². The molecule has 0 unspecified atom stereocenters. The minimum Gasteiger partial charge on any atom is -0.365 e. The van der Waals surface area contributed by atoms with Crippen LogP contribution in [0.2, 0.25) is 0 Å². The van der Waals surface area contributed by atoms with Crippen LogP contribution in [0.25, 0.3) is 11.2 Å². The molecule has 1 N–H and O–H groups in total. The van der Waals surface area contributed by atoms with Crippen LogP contribution in [0.3, 0.4) is 0 Å². The molecular formula is C23H30N6. The molecule has 3 aromatic rings. The van der Waals surface area contributed by atoms with E-state index in [1.807, 2.05) is 10.7 Å².